The van der Waals surface area contributed by atoms with Crippen molar-refractivity contribution in [1.29, 1.82) is 0 Å². The smallest absolute Gasteiger partial charge is 0.338 e. The van der Waals surface area contributed by atoms with Crippen LogP contribution < -0.4 is 0 Å². The zero-order valence-corrected chi connectivity index (χ0v) is 11.0. The standard InChI is InChI=1S/C14H15F4NO/c1-9-4-5-11(12(15)7-9)13(20)19-6-2-3-10(8-19)14(16,17)18/h4-5,7,10H,2-3,6,8H2,1H3. The van der Waals surface area contributed by atoms with Crippen molar-refractivity contribution < 1.29 is 22.4 Å². The molecular formula is C14H15F4NO. The minimum Gasteiger partial charge on any atom is -0.338 e. The molecule has 2 rings (SSSR count). The predicted molar refractivity (Wildman–Crippen MR) is 65.8 cm³/mol. The van der Waals surface area contributed by atoms with Gasteiger partial charge in [-0.3, -0.25) is 4.79 Å². The number of hydrogen-bond donors (Lipinski definition) is 0. The summed E-state index contributed by atoms with van der Waals surface area (Å²) in [5.41, 5.74) is 0.490. The number of carbonyl (C=O) groups excluding carboxylic acids is 1. The number of likely N-dealkylation sites (tertiary alicyclic amines) is 1. The van der Waals surface area contributed by atoms with Crippen LogP contribution in [0.4, 0.5) is 17.6 Å². The maximum Gasteiger partial charge on any atom is 0.393 e. The third kappa shape index (κ3) is 3.11. The molecule has 0 N–H and O–H groups in total. The Kier molecular flexibility index (Phi) is 4.01. The summed E-state index contributed by atoms with van der Waals surface area (Å²) in [5, 5.41) is 0. The Hall–Kier alpha value is -1.59. The van der Waals surface area contributed by atoms with Gasteiger partial charge in [-0.05, 0) is 37.5 Å². The lowest BCUT2D eigenvalue weighted by molar-refractivity contribution is -0.184. The molecular weight excluding hydrogens is 274 g/mol. The van der Waals surface area contributed by atoms with Crippen LogP contribution >= 0.6 is 0 Å². The van der Waals surface area contributed by atoms with E-state index in [9.17, 15) is 22.4 Å². The second kappa shape index (κ2) is 5.42. The molecule has 0 radical (unpaired) electrons. The van der Waals surface area contributed by atoms with E-state index in [1.165, 1.54) is 12.1 Å². The summed E-state index contributed by atoms with van der Waals surface area (Å²) in [4.78, 5) is 13.2. The molecule has 0 spiro atoms. The zero-order valence-electron chi connectivity index (χ0n) is 11.0. The first-order valence-corrected chi connectivity index (χ1v) is 6.41. The van der Waals surface area contributed by atoms with Crippen molar-refractivity contribution in [1.82, 2.24) is 4.90 Å². The fraction of sp³-hybridized carbons (Fsp3) is 0.500. The van der Waals surface area contributed by atoms with E-state index < -0.39 is 30.4 Å². The second-order valence-corrected chi connectivity index (χ2v) is 5.12. The van der Waals surface area contributed by atoms with Crippen LogP contribution in [0.5, 0.6) is 0 Å². The number of aryl methyl sites for hydroxylation is 1. The Labute approximate surface area is 114 Å². The molecule has 2 nitrogen and oxygen atoms in total. The van der Waals surface area contributed by atoms with Gasteiger partial charge < -0.3 is 4.90 Å². The highest BCUT2D eigenvalue weighted by Gasteiger charge is 2.42. The van der Waals surface area contributed by atoms with Gasteiger partial charge in [-0.15, -0.1) is 0 Å². The van der Waals surface area contributed by atoms with E-state index in [1.807, 2.05) is 0 Å². The number of benzene rings is 1. The van der Waals surface area contributed by atoms with Crippen molar-refractivity contribution in [2.45, 2.75) is 25.9 Å². The maximum absolute atomic E-state index is 13.7. The van der Waals surface area contributed by atoms with Gasteiger partial charge in [0.2, 0.25) is 0 Å². The van der Waals surface area contributed by atoms with Gasteiger partial charge in [0.25, 0.3) is 5.91 Å². The molecule has 0 aliphatic carbocycles. The summed E-state index contributed by atoms with van der Waals surface area (Å²) in [7, 11) is 0. The monoisotopic (exact) mass is 289 g/mol. The van der Waals surface area contributed by atoms with E-state index in [-0.39, 0.29) is 24.9 Å². The number of nitrogens with zero attached hydrogens (tertiary/aromatic N) is 1. The van der Waals surface area contributed by atoms with Crippen LogP contribution in [0.1, 0.15) is 28.8 Å². The van der Waals surface area contributed by atoms with E-state index in [0.717, 1.165) is 4.90 Å². The Morgan fingerprint density at radius 2 is 2.05 bits per heavy atom. The summed E-state index contributed by atoms with van der Waals surface area (Å²) < 4.78 is 51.8. The van der Waals surface area contributed by atoms with Gasteiger partial charge in [0, 0.05) is 13.1 Å². The van der Waals surface area contributed by atoms with E-state index in [1.54, 1.807) is 13.0 Å². The van der Waals surface area contributed by atoms with Crippen LogP contribution in [-0.2, 0) is 0 Å². The first kappa shape index (κ1) is 14.8. The number of amides is 1. The predicted octanol–water partition coefficient (Wildman–Crippen LogP) is 3.55. The molecule has 1 saturated heterocycles. The molecule has 20 heavy (non-hydrogen) atoms. The van der Waals surface area contributed by atoms with Gasteiger partial charge in [0.05, 0.1) is 11.5 Å². The van der Waals surface area contributed by atoms with Crippen LogP contribution in [-0.4, -0.2) is 30.1 Å². The van der Waals surface area contributed by atoms with Gasteiger partial charge in [0.15, 0.2) is 0 Å². The summed E-state index contributed by atoms with van der Waals surface area (Å²) in [6.07, 6.45) is -4.02. The number of rotatable bonds is 1. The maximum atomic E-state index is 13.7. The third-order valence-corrected chi connectivity index (χ3v) is 3.53. The Morgan fingerprint density at radius 1 is 1.35 bits per heavy atom. The molecule has 0 bridgehead atoms. The summed E-state index contributed by atoms with van der Waals surface area (Å²) in [5.74, 6) is -2.88. The average molecular weight is 289 g/mol. The topological polar surface area (TPSA) is 20.3 Å². The lowest BCUT2D eigenvalue weighted by Crippen LogP contribution is -2.44. The van der Waals surface area contributed by atoms with Crippen LogP contribution in [0.3, 0.4) is 0 Å². The van der Waals surface area contributed by atoms with Crippen LogP contribution in [0.15, 0.2) is 18.2 Å². The largest absolute Gasteiger partial charge is 0.393 e. The van der Waals surface area contributed by atoms with Crippen molar-refractivity contribution in [3.8, 4) is 0 Å². The molecule has 1 heterocycles. The number of halogens is 4. The SMILES string of the molecule is Cc1ccc(C(=O)N2CCCC(C(F)(F)F)C2)c(F)c1. The molecule has 1 aromatic carbocycles. The van der Waals surface area contributed by atoms with Crippen LogP contribution in [0, 0.1) is 18.7 Å². The molecule has 6 heteroatoms. The van der Waals surface area contributed by atoms with E-state index in [4.69, 9.17) is 0 Å². The van der Waals surface area contributed by atoms with Gasteiger partial charge in [-0.25, -0.2) is 4.39 Å². The highest BCUT2D eigenvalue weighted by atomic mass is 19.4. The quantitative estimate of drug-likeness (QED) is 0.724. The Balaban J connectivity index is 2.16. The number of piperidine rings is 1. The van der Waals surface area contributed by atoms with Gasteiger partial charge in [-0.1, -0.05) is 6.07 Å². The molecule has 110 valence electrons. The van der Waals surface area contributed by atoms with Crippen molar-refractivity contribution >= 4 is 5.91 Å². The number of carbonyl (C=O) groups is 1. The Morgan fingerprint density at radius 3 is 2.65 bits per heavy atom. The first-order chi connectivity index (χ1) is 9.29. The van der Waals surface area contributed by atoms with Crippen molar-refractivity contribution in [3.63, 3.8) is 0 Å². The van der Waals surface area contributed by atoms with Crippen LogP contribution in [0.25, 0.3) is 0 Å². The molecule has 0 saturated carbocycles. The lowest BCUT2D eigenvalue weighted by atomic mass is 9.96. The highest BCUT2D eigenvalue weighted by Crippen LogP contribution is 2.33. The summed E-state index contributed by atoms with van der Waals surface area (Å²) >= 11 is 0. The van der Waals surface area contributed by atoms with Crippen molar-refractivity contribution in [2.75, 3.05) is 13.1 Å². The molecule has 1 aliphatic rings. The van der Waals surface area contributed by atoms with E-state index in [2.05, 4.69) is 0 Å². The molecule has 1 fully saturated rings. The number of hydrogen-bond acceptors (Lipinski definition) is 1. The molecule has 0 aromatic heterocycles. The fourth-order valence-corrected chi connectivity index (χ4v) is 2.39. The number of alkyl halides is 3. The normalized spacial score (nSPS) is 20.1. The van der Waals surface area contributed by atoms with Gasteiger partial charge >= 0.3 is 6.18 Å². The van der Waals surface area contributed by atoms with E-state index >= 15 is 0 Å². The first-order valence-electron chi connectivity index (χ1n) is 6.41. The summed E-state index contributed by atoms with van der Waals surface area (Å²) in [6.45, 7) is 1.52. The average Bonchev–Trinajstić information content (AvgIpc) is 2.37. The van der Waals surface area contributed by atoms with Crippen molar-refractivity contribution in [3.05, 3.63) is 35.1 Å². The molecule has 1 amide bonds. The molecule has 1 atom stereocenters. The van der Waals surface area contributed by atoms with Gasteiger partial charge in [-0.2, -0.15) is 13.2 Å². The minimum atomic E-state index is -4.31. The molecule has 1 unspecified atom stereocenters. The lowest BCUT2D eigenvalue weighted by Gasteiger charge is -2.33. The van der Waals surface area contributed by atoms with Crippen LogP contribution in [0.2, 0.25) is 0 Å². The van der Waals surface area contributed by atoms with Gasteiger partial charge in [0.1, 0.15) is 5.82 Å². The zero-order chi connectivity index (χ0) is 14.9. The highest BCUT2D eigenvalue weighted by molar-refractivity contribution is 5.94. The summed E-state index contributed by atoms with van der Waals surface area (Å²) in [6, 6.07) is 4.10. The van der Waals surface area contributed by atoms with Crippen molar-refractivity contribution in [2.24, 2.45) is 5.92 Å². The third-order valence-electron chi connectivity index (χ3n) is 3.53. The van der Waals surface area contributed by atoms with E-state index in [0.29, 0.717) is 5.56 Å². The molecule has 1 aliphatic heterocycles. The fourth-order valence-electron chi connectivity index (χ4n) is 2.39. The second-order valence-electron chi connectivity index (χ2n) is 5.12. The Bertz CT molecular complexity index is 512. The minimum absolute atomic E-state index is 0.0175. The molecule has 1 aromatic rings.